The Morgan fingerprint density at radius 3 is 2.33 bits per heavy atom. The molecule has 0 radical (unpaired) electrons. The van der Waals surface area contributed by atoms with Gasteiger partial charge in [-0.2, -0.15) is 0 Å². The zero-order chi connectivity index (χ0) is 12.4. The van der Waals surface area contributed by atoms with Gasteiger partial charge in [0.25, 0.3) is 0 Å². The van der Waals surface area contributed by atoms with Crippen LogP contribution in [0.1, 0.15) is 11.8 Å². The Morgan fingerprint density at radius 1 is 0.889 bits per heavy atom. The van der Waals surface area contributed by atoms with Crippen LogP contribution in [0.5, 0.6) is 0 Å². The van der Waals surface area contributed by atoms with Crippen LogP contribution >= 0.6 is 0 Å². The third kappa shape index (κ3) is 2.05. The van der Waals surface area contributed by atoms with Crippen LogP contribution in [0.25, 0.3) is 11.5 Å². The molecule has 0 saturated carbocycles. The largest absolute Gasteiger partial charge is 0.420 e. The molecule has 0 aliphatic carbocycles. The van der Waals surface area contributed by atoms with Crippen molar-refractivity contribution in [2.24, 2.45) is 0 Å². The number of benzene rings is 1. The van der Waals surface area contributed by atoms with E-state index >= 15 is 0 Å². The summed E-state index contributed by atoms with van der Waals surface area (Å²) in [4.78, 5) is 0. The van der Waals surface area contributed by atoms with Gasteiger partial charge >= 0.3 is 6.01 Å². The summed E-state index contributed by atoms with van der Waals surface area (Å²) in [5, 5.41) is 15.1. The molecule has 0 atom stereocenters. The van der Waals surface area contributed by atoms with Crippen molar-refractivity contribution < 1.29 is 8.83 Å². The Hall–Kier alpha value is -2.70. The van der Waals surface area contributed by atoms with E-state index in [0.29, 0.717) is 17.7 Å². The van der Waals surface area contributed by atoms with E-state index in [4.69, 9.17) is 14.6 Å². The highest BCUT2D eigenvalue weighted by atomic mass is 16.4. The predicted molar refractivity (Wildman–Crippen MR) is 61.3 cm³/mol. The van der Waals surface area contributed by atoms with Crippen molar-refractivity contribution in [1.29, 1.82) is 0 Å². The maximum Gasteiger partial charge on any atom is 0.312 e. The topological polar surface area (TPSA) is 104 Å². The molecule has 0 unspecified atom stereocenters. The molecule has 0 fully saturated rings. The van der Waals surface area contributed by atoms with Gasteiger partial charge in [0.1, 0.15) is 6.42 Å². The summed E-state index contributed by atoms with van der Waals surface area (Å²) in [6.45, 7) is 0. The number of nitrogens with zero attached hydrogens (tertiary/aromatic N) is 4. The van der Waals surface area contributed by atoms with Crippen LogP contribution in [-0.4, -0.2) is 20.4 Å². The molecule has 0 aliphatic heterocycles. The van der Waals surface area contributed by atoms with Gasteiger partial charge in [-0.3, -0.25) is 0 Å². The summed E-state index contributed by atoms with van der Waals surface area (Å²) in [5.41, 5.74) is 6.18. The Kier molecular flexibility index (Phi) is 2.49. The lowest BCUT2D eigenvalue weighted by molar-refractivity contribution is 0.468. The van der Waals surface area contributed by atoms with Gasteiger partial charge in [0.05, 0.1) is 0 Å². The molecule has 1 aromatic carbocycles. The Balaban J connectivity index is 1.82. The first kappa shape index (κ1) is 10.5. The number of hydrogen-bond donors (Lipinski definition) is 1. The summed E-state index contributed by atoms with van der Waals surface area (Å²) >= 11 is 0. The van der Waals surface area contributed by atoms with E-state index in [-0.39, 0.29) is 12.4 Å². The molecule has 7 heteroatoms. The van der Waals surface area contributed by atoms with Crippen molar-refractivity contribution in [2.75, 3.05) is 5.73 Å². The zero-order valence-electron chi connectivity index (χ0n) is 9.28. The van der Waals surface area contributed by atoms with Gasteiger partial charge in [0, 0.05) is 5.56 Å². The predicted octanol–water partition coefficient (Wildman–Crippen LogP) is 1.29. The van der Waals surface area contributed by atoms with Crippen molar-refractivity contribution in [3.63, 3.8) is 0 Å². The normalized spacial score (nSPS) is 10.7. The molecule has 0 amide bonds. The highest BCUT2D eigenvalue weighted by Gasteiger charge is 2.12. The summed E-state index contributed by atoms with van der Waals surface area (Å²) in [6.07, 6.45) is 0.268. The molecule has 2 heterocycles. The first-order valence-corrected chi connectivity index (χ1v) is 5.27. The number of rotatable bonds is 3. The average molecular weight is 243 g/mol. The molecule has 2 aromatic heterocycles. The molecule has 0 spiro atoms. The molecule has 7 nitrogen and oxygen atoms in total. The fourth-order valence-corrected chi connectivity index (χ4v) is 1.49. The minimum absolute atomic E-state index is 0.0211. The lowest BCUT2D eigenvalue weighted by Crippen LogP contribution is -1.88. The molecule has 2 N–H and O–H groups in total. The van der Waals surface area contributed by atoms with Crippen LogP contribution in [0.3, 0.4) is 0 Å². The highest BCUT2D eigenvalue weighted by molar-refractivity contribution is 5.51. The monoisotopic (exact) mass is 243 g/mol. The minimum Gasteiger partial charge on any atom is -0.420 e. The van der Waals surface area contributed by atoms with E-state index in [1.165, 1.54) is 0 Å². The summed E-state index contributed by atoms with van der Waals surface area (Å²) < 4.78 is 10.5. The molecular formula is C11H9N5O2. The Morgan fingerprint density at radius 2 is 1.61 bits per heavy atom. The number of nitrogens with two attached hydrogens (primary N) is 1. The van der Waals surface area contributed by atoms with Crippen LogP contribution in [0, 0.1) is 0 Å². The average Bonchev–Trinajstić information content (AvgIpc) is 3.01. The van der Waals surface area contributed by atoms with E-state index in [0.717, 1.165) is 5.56 Å². The lowest BCUT2D eigenvalue weighted by atomic mass is 10.2. The van der Waals surface area contributed by atoms with Gasteiger partial charge < -0.3 is 14.6 Å². The second kappa shape index (κ2) is 4.28. The Bertz CT molecular complexity index is 646. The SMILES string of the molecule is Nc1nnc(Cc2nnc(-c3ccccc3)o2)o1. The van der Waals surface area contributed by atoms with Crippen molar-refractivity contribution in [3.05, 3.63) is 42.1 Å². The third-order valence-corrected chi connectivity index (χ3v) is 2.27. The fraction of sp³-hybridized carbons (Fsp3) is 0.0909. The third-order valence-electron chi connectivity index (χ3n) is 2.27. The molecule has 0 aliphatic rings. The summed E-state index contributed by atoms with van der Waals surface area (Å²) in [5.74, 6) is 1.20. The second-order valence-corrected chi connectivity index (χ2v) is 3.58. The van der Waals surface area contributed by atoms with Gasteiger partial charge in [-0.25, -0.2) is 0 Å². The molecule has 90 valence electrons. The van der Waals surface area contributed by atoms with E-state index in [1.54, 1.807) is 0 Å². The second-order valence-electron chi connectivity index (χ2n) is 3.58. The van der Waals surface area contributed by atoms with Crippen molar-refractivity contribution in [2.45, 2.75) is 6.42 Å². The standard InChI is InChI=1S/C11H9N5O2/c12-11-16-14-9(18-11)6-8-13-15-10(17-8)7-4-2-1-3-5-7/h1-5H,6H2,(H2,12,16). The molecule has 0 saturated heterocycles. The van der Waals surface area contributed by atoms with E-state index in [9.17, 15) is 0 Å². The van der Waals surface area contributed by atoms with Crippen molar-refractivity contribution >= 4 is 6.01 Å². The van der Waals surface area contributed by atoms with Crippen LogP contribution in [0.2, 0.25) is 0 Å². The fourth-order valence-electron chi connectivity index (χ4n) is 1.49. The smallest absolute Gasteiger partial charge is 0.312 e. The van der Waals surface area contributed by atoms with E-state index < -0.39 is 0 Å². The maximum absolute atomic E-state index is 5.49. The number of anilines is 1. The number of nitrogen functional groups attached to an aromatic ring is 1. The molecule has 3 rings (SSSR count). The van der Waals surface area contributed by atoms with Crippen LogP contribution in [-0.2, 0) is 6.42 Å². The van der Waals surface area contributed by atoms with Gasteiger partial charge in [-0.05, 0) is 12.1 Å². The first-order valence-electron chi connectivity index (χ1n) is 5.27. The first-order chi connectivity index (χ1) is 8.81. The van der Waals surface area contributed by atoms with Crippen LogP contribution in [0.4, 0.5) is 6.01 Å². The van der Waals surface area contributed by atoms with Crippen LogP contribution < -0.4 is 5.73 Å². The molecule has 18 heavy (non-hydrogen) atoms. The quantitative estimate of drug-likeness (QED) is 0.739. The van der Waals surface area contributed by atoms with Gasteiger partial charge in [0.2, 0.25) is 17.7 Å². The number of hydrogen-bond acceptors (Lipinski definition) is 7. The van der Waals surface area contributed by atoms with Gasteiger partial charge in [-0.1, -0.05) is 23.3 Å². The van der Waals surface area contributed by atoms with Crippen LogP contribution in [0.15, 0.2) is 39.2 Å². The van der Waals surface area contributed by atoms with Crippen molar-refractivity contribution in [3.8, 4) is 11.5 Å². The maximum atomic E-state index is 5.49. The van der Waals surface area contributed by atoms with E-state index in [2.05, 4.69) is 20.4 Å². The summed E-state index contributed by atoms with van der Waals surface area (Å²) in [6, 6.07) is 9.52. The van der Waals surface area contributed by atoms with Crippen molar-refractivity contribution in [1.82, 2.24) is 20.4 Å². The summed E-state index contributed by atoms with van der Waals surface area (Å²) in [7, 11) is 0. The molecular weight excluding hydrogens is 234 g/mol. The zero-order valence-corrected chi connectivity index (χ0v) is 9.28. The van der Waals surface area contributed by atoms with E-state index in [1.807, 2.05) is 30.3 Å². The number of aromatic nitrogens is 4. The molecule has 0 bridgehead atoms. The lowest BCUT2D eigenvalue weighted by Gasteiger charge is -1.91. The minimum atomic E-state index is 0.0211. The highest BCUT2D eigenvalue weighted by Crippen LogP contribution is 2.18. The Labute approximate surface area is 102 Å². The van der Waals surface area contributed by atoms with Gasteiger partial charge in [0.15, 0.2) is 0 Å². The van der Waals surface area contributed by atoms with Gasteiger partial charge in [-0.15, -0.1) is 15.3 Å². The molecule has 3 aromatic rings.